The van der Waals surface area contributed by atoms with Gasteiger partial charge >= 0.3 is 0 Å². The number of hydrogen-bond donors (Lipinski definition) is 0. The number of anilines is 3. The highest BCUT2D eigenvalue weighted by atomic mass is 32.1. The molecule has 4 heterocycles. The smallest absolute Gasteiger partial charge is 0.256 e. The van der Waals surface area contributed by atoms with E-state index in [4.69, 9.17) is 13.0 Å². The van der Waals surface area contributed by atoms with Crippen LogP contribution in [0.4, 0.5) is 17.1 Å². The lowest BCUT2D eigenvalue weighted by molar-refractivity contribution is 0.493. The Balaban J connectivity index is 1.02. The van der Waals surface area contributed by atoms with Crippen LogP contribution in [0.2, 0.25) is 0 Å². The van der Waals surface area contributed by atoms with Gasteiger partial charge in [0, 0.05) is 60.9 Å². The van der Waals surface area contributed by atoms with Crippen LogP contribution < -0.4 is 26.0 Å². The van der Waals surface area contributed by atoms with E-state index in [2.05, 4.69) is 139 Å². The Labute approximate surface area is 473 Å². The minimum absolute atomic E-state index is 0.00236. The minimum atomic E-state index is -1.95. The number of thiophene rings is 1. The summed E-state index contributed by atoms with van der Waals surface area (Å²) in [5.41, 5.74) is 12.5. The summed E-state index contributed by atoms with van der Waals surface area (Å²) in [5, 5.41) is 1.09. The van der Waals surface area contributed by atoms with Gasteiger partial charge in [0.1, 0.15) is 11.5 Å². The van der Waals surface area contributed by atoms with Crippen LogP contribution in [0.5, 0.6) is 11.5 Å². The van der Waals surface area contributed by atoms with E-state index < -0.39 is 113 Å². The molecule has 2 aromatic heterocycles. The number of aromatic nitrogens is 1. The Bertz CT molecular complexity index is 5330. The van der Waals surface area contributed by atoms with Gasteiger partial charge in [-0.2, -0.15) is 0 Å². The molecule has 0 saturated heterocycles. The van der Waals surface area contributed by atoms with Gasteiger partial charge in [0.25, 0.3) is 6.71 Å². The van der Waals surface area contributed by atoms with Crippen molar-refractivity contribution < 1.29 is 25.3 Å². The van der Waals surface area contributed by atoms with Gasteiger partial charge in [-0.15, -0.1) is 11.3 Å². The molecular weight excluding hydrogens is 952 g/mol. The summed E-state index contributed by atoms with van der Waals surface area (Å²) in [6, 6.07) is 46.0. The lowest BCUT2D eigenvalue weighted by atomic mass is 9.34. The molecule has 0 bridgehead atoms. The summed E-state index contributed by atoms with van der Waals surface area (Å²) in [7, 11) is 0. The van der Waals surface area contributed by atoms with Crippen LogP contribution in [-0.2, 0) is 5.41 Å². The van der Waals surface area contributed by atoms with E-state index in [1.54, 1.807) is 0 Å². The van der Waals surface area contributed by atoms with Crippen molar-refractivity contribution in [2.75, 3.05) is 4.90 Å². The van der Waals surface area contributed by atoms with Crippen molar-refractivity contribution in [1.82, 2.24) is 4.57 Å². The van der Waals surface area contributed by atoms with E-state index in [9.17, 15) is 12.3 Å². The molecule has 13 aromatic rings. The van der Waals surface area contributed by atoms with E-state index in [-0.39, 0.29) is 38.0 Å². The lowest BCUT2D eigenvalue weighted by Gasteiger charge is -2.41. The quantitative estimate of drug-likeness (QED) is 0.117. The first kappa shape index (κ1) is 31.7. The van der Waals surface area contributed by atoms with Crippen LogP contribution in [-0.4, -0.2) is 11.3 Å². The molecule has 2 aliphatic heterocycles. The molecule has 16 rings (SSSR count). The molecule has 0 amide bonds. The molecule has 362 valence electrons. The van der Waals surface area contributed by atoms with Crippen LogP contribution in [0.3, 0.4) is 0 Å². The highest BCUT2D eigenvalue weighted by molar-refractivity contribution is 7.26. The van der Waals surface area contributed by atoms with Crippen molar-refractivity contribution in [2.45, 2.75) is 25.2 Å². The molecule has 77 heavy (non-hydrogen) atoms. The average molecular weight is 1020 g/mol. The van der Waals surface area contributed by atoms with Crippen LogP contribution in [0, 0.1) is 0 Å². The fraction of sp³-hybridized carbons (Fsp3) is 0.0556. The van der Waals surface area contributed by atoms with Gasteiger partial charge < -0.3 is 14.2 Å². The molecule has 0 unspecified atom stereocenters. The standard InChI is InChI=1S/C72H49BN2OS/c1-72(2)58-32-17-15-30-56(58)69-67(72)57-31-16-18-33-61(57)75(69)53-43-63-68-64(44-53)76-70-60(39-37-55-54-36-34-51(42-65(54)77-71(55)70)66(47-24-11-5-12-25-47)48-26-13-6-14-27-48)73(68)59-38-35-50(46-22-9-4-10-23-46)41-62(59)74(63)52-29-19-28-49(40-52)45-20-7-3-8-21-45/h3-44,66H,1-2H3/i5D,6D,11D,12D,13D,14D,24D,25D,26D,27D,34D,36D,37D,39D,42D. The molecule has 1 aliphatic carbocycles. The summed E-state index contributed by atoms with van der Waals surface area (Å²) in [6.45, 7) is 3.75. The van der Waals surface area contributed by atoms with E-state index in [0.29, 0.717) is 11.2 Å². The van der Waals surface area contributed by atoms with Crippen LogP contribution in [0.25, 0.3) is 70.3 Å². The van der Waals surface area contributed by atoms with Crippen LogP contribution in [0.15, 0.2) is 254 Å². The number of rotatable bonds is 7. The summed E-state index contributed by atoms with van der Waals surface area (Å²) in [6.07, 6.45) is 0. The van der Waals surface area contributed by atoms with Gasteiger partial charge in [0.15, 0.2) is 0 Å². The largest absolute Gasteiger partial charge is 0.457 e. The molecule has 0 spiro atoms. The highest BCUT2D eigenvalue weighted by Crippen LogP contribution is 2.55. The highest BCUT2D eigenvalue weighted by Gasteiger charge is 2.45. The predicted molar refractivity (Wildman–Crippen MR) is 324 cm³/mol. The van der Waals surface area contributed by atoms with E-state index in [1.807, 2.05) is 48.5 Å². The molecule has 0 saturated carbocycles. The molecule has 0 fully saturated rings. The second kappa shape index (κ2) is 16.9. The fourth-order valence-corrected chi connectivity index (χ4v) is 13.6. The maximum Gasteiger partial charge on any atom is 0.256 e. The predicted octanol–water partition coefficient (Wildman–Crippen LogP) is 17.2. The SMILES string of the molecule is [2H]c1c([2H])c([2H])c(C(c2c([2H])c([2H])c([2H])c([2H])c2[2H])c2c([2H])c([2H])c3c(sc4c5c(c([2H])c([2H])c43)B3c4ccc(-c6ccccc6)cc4N(c4cccc(-c6ccccc6)c4)c4cc(-n6c7c(c8ccccc86)C(C)(C)c6ccccc6-7)cc(c43)O5)c2[2H])c([2H])c1[2H]. The van der Waals surface area contributed by atoms with Crippen molar-refractivity contribution in [1.29, 1.82) is 0 Å². The third-order valence-corrected chi connectivity index (χ3v) is 16.9. The van der Waals surface area contributed by atoms with Crippen molar-refractivity contribution in [3.05, 3.63) is 282 Å². The zero-order valence-corrected chi connectivity index (χ0v) is 42.3. The number of fused-ring (bicyclic) bond motifs is 13. The van der Waals surface area contributed by atoms with Crippen molar-refractivity contribution in [3.63, 3.8) is 0 Å². The second-order valence-electron chi connectivity index (χ2n) is 20.4. The van der Waals surface area contributed by atoms with E-state index in [0.717, 1.165) is 89.4 Å². The molecule has 0 N–H and O–H groups in total. The number of nitrogens with zero attached hydrogens (tertiary/aromatic N) is 2. The first-order chi connectivity index (χ1) is 44.2. The maximum atomic E-state index is 10.3. The first-order valence-electron chi connectivity index (χ1n) is 33.1. The third-order valence-electron chi connectivity index (χ3n) is 15.8. The summed E-state index contributed by atoms with van der Waals surface area (Å²) < 4.78 is 149. The average Bonchev–Trinajstić information content (AvgIpc) is 1.31. The van der Waals surface area contributed by atoms with Crippen LogP contribution >= 0.6 is 11.3 Å². The summed E-state index contributed by atoms with van der Waals surface area (Å²) >= 11 is 0.974. The van der Waals surface area contributed by atoms with Gasteiger partial charge in [-0.3, -0.25) is 0 Å². The summed E-state index contributed by atoms with van der Waals surface area (Å²) in [4.78, 5) is 2.27. The fourth-order valence-electron chi connectivity index (χ4n) is 12.5. The van der Waals surface area contributed by atoms with Crippen LogP contribution in [0.1, 0.15) is 68.1 Å². The van der Waals surface area contributed by atoms with Gasteiger partial charge in [-0.05, 0) is 103 Å². The molecule has 0 atom stereocenters. The van der Waals surface area contributed by atoms with Gasteiger partial charge in [0.2, 0.25) is 0 Å². The number of hydrogen-bond acceptors (Lipinski definition) is 3. The van der Waals surface area contributed by atoms with Gasteiger partial charge in [-0.1, -0.05) is 226 Å². The lowest BCUT2D eigenvalue weighted by Crippen LogP contribution is -2.59. The Morgan fingerprint density at radius 3 is 1.97 bits per heavy atom. The van der Waals surface area contributed by atoms with E-state index in [1.165, 1.54) is 11.1 Å². The zero-order chi connectivity index (χ0) is 64.0. The molecule has 11 aromatic carbocycles. The van der Waals surface area contributed by atoms with Crippen molar-refractivity contribution in [3.8, 4) is 50.7 Å². The Morgan fingerprint density at radius 1 is 0.532 bits per heavy atom. The topological polar surface area (TPSA) is 17.4 Å². The third kappa shape index (κ3) is 6.63. The maximum absolute atomic E-state index is 10.3. The summed E-state index contributed by atoms with van der Waals surface area (Å²) in [5.74, 6) is -1.33. The number of benzene rings is 11. The molecular formula is C72H49BN2OS. The van der Waals surface area contributed by atoms with Gasteiger partial charge in [0.05, 0.1) is 42.2 Å². The number of para-hydroxylation sites is 1. The zero-order valence-electron chi connectivity index (χ0n) is 56.5. The van der Waals surface area contributed by atoms with Gasteiger partial charge in [-0.25, -0.2) is 0 Å². The van der Waals surface area contributed by atoms with E-state index >= 15 is 0 Å². The molecule has 3 nitrogen and oxygen atoms in total. The Morgan fingerprint density at radius 2 is 1.21 bits per heavy atom. The first-order valence-corrected chi connectivity index (χ1v) is 26.4. The Hall–Kier alpha value is -9.16. The Kier molecular flexibility index (Phi) is 6.96. The molecule has 3 aliphatic rings. The van der Waals surface area contributed by atoms with Crippen molar-refractivity contribution >= 4 is 82.6 Å². The number of ether oxygens (including phenoxy) is 1. The monoisotopic (exact) mass is 1020 g/mol. The second-order valence-corrected chi connectivity index (χ2v) is 21.4. The van der Waals surface area contributed by atoms with Crippen molar-refractivity contribution in [2.24, 2.45) is 0 Å². The minimum Gasteiger partial charge on any atom is -0.457 e. The molecule has 5 heteroatoms. The normalized spacial score (nSPS) is 16.3. The molecule has 0 radical (unpaired) electrons.